The summed E-state index contributed by atoms with van der Waals surface area (Å²) in [6.45, 7) is 7.20. The molecule has 2 aromatic heterocycles. The summed E-state index contributed by atoms with van der Waals surface area (Å²) in [5.74, 6) is 0.00651. The molecule has 0 aliphatic heterocycles. The molecule has 5 nitrogen and oxygen atoms in total. The van der Waals surface area contributed by atoms with Crippen molar-refractivity contribution < 1.29 is 9.53 Å². The van der Waals surface area contributed by atoms with Crippen molar-refractivity contribution in [2.45, 2.75) is 26.8 Å². The number of benzene rings is 1. The minimum Gasteiger partial charge on any atom is -0.383 e. The van der Waals surface area contributed by atoms with Gasteiger partial charge in [0, 0.05) is 36.8 Å². The van der Waals surface area contributed by atoms with Crippen LogP contribution in [-0.4, -0.2) is 46.5 Å². The summed E-state index contributed by atoms with van der Waals surface area (Å²) in [7, 11) is 1.65. The number of aromatic nitrogens is 2. The molecule has 132 valence electrons. The number of fused-ring (bicyclic) bond motifs is 1. The van der Waals surface area contributed by atoms with Crippen molar-refractivity contribution in [2.75, 3.05) is 20.3 Å². The lowest BCUT2D eigenvalue weighted by Gasteiger charge is -2.26. The number of methoxy groups -OCH3 is 1. The summed E-state index contributed by atoms with van der Waals surface area (Å²) in [4.78, 5) is 20.4. The fourth-order valence-electron chi connectivity index (χ4n) is 2.86. The van der Waals surface area contributed by atoms with Crippen LogP contribution in [0.1, 0.15) is 29.9 Å². The van der Waals surface area contributed by atoms with Gasteiger partial charge in [-0.2, -0.15) is 0 Å². The van der Waals surface area contributed by atoms with E-state index in [1.165, 1.54) is 16.9 Å². The van der Waals surface area contributed by atoms with Crippen molar-refractivity contribution in [1.29, 1.82) is 0 Å². The molecule has 0 fully saturated rings. The van der Waals surface area contributed by atoms with E-state index in [0.717, 1.165) is 16.2 Å². The molecule has 3 aromatic rings. The summed E-state index contributed by atoms with van der Waals surface area (Å²) < 4.78 is 7.04. The molecule has 0 N–H and O–H groups in total. The predicted octanol–water partition coefficient (Wildman–Crippen LogP) is 3.87. The highest BCUT2D eigenvalue weighted by molar-refractivity contribution is 7.15. The van der Waals surface area contributed by atoms with Gasteiger partial charge in [-0.05, 0) is 26.3 Å². The van der Waals surface area contributed by atoms with Gasteiger partial charge in [-0.1, -0.05) is 24.3 Å². The lowest BCUT2D eigenvalue weighted by Crippen LogP contribution is -2.39. The maximum Gasteiger partial charge on any atom is 0.272 e. The van der Waals surface area contributed by atoms with Crippen LogP contribution in [-0.2, 0) is 4.74 Å². The van der Waals surface area contributed by atoms with Crippen LogP contribution in [0.15, 0.2) is 35.8 Å². The molecular weight excluding hydrogens is 334 g/mol. The molecule has 0 saturated heterocycles. The summed E-state index contributed by atoms with van der Waals surface area (Å²) >= 11 is 1.49. The molecule has 0 aliphatic rings. The largest absolute Gasteiger partial charge is 0.383 e. The van der Waals surface area contributed by atoms with E-state index in [1.54, 1.807) is 7.11 Å². The Kier molecular flexibility index (Phi) is 5.20. The van der Waals surface area contributed by atoms with Gasteiger partial charge in [-0.3, -0.25) is 9.20 Å². The van der Waals surface area contributed by atoms with Gasteiger partial charge >= 0.3 is 0 Å². The van der Waals surface area contributed by atoms with Gasteiger partial charge < -0.3 is 9.64 Å². The number of aryl methyl sites for hydroxylation is 1. The Balaban J connectivity index is 1.97. The van der Waals surface area contributed by atoms with Gasteiger partial charge in [0.1, 0.15) is 5.69 Å². The van der Waals surface area contributed by atoms with Gasteiger partial charge in [0.25, 0.3) is 5.91 Å². The molecule has 6 heteroatoms. The van der Waals surface area contributed by atoms with Crippen molar-refractivity contribution in [3.8, 4) is 11.3 Å². The minimum absolute atomic E-state index is 0.00651. The zero-order valence-corrected chi connectivity index (χ0v) is 15.8. The van der Waals surface area contributed by atoms with E-state index in [4.69, 9.17) is 9.72 Å². The average molecular weight is 357 g/mol. The second-order valence-electron chi connectivity index (χ2n) is 6.30. The van der Waals surface area contributed by atoms with Gasteiger partial charge in [-0.15, -0.1) is 11.3 Å². The van der Waals surface area contributed by atoms with E-state index in [1.807, 2.05) is 46.9 Å². The Hall–Kier alpha value is -2.18. The second kappa shape index (κ2) is 7.37. The first-order valence-corrected chi connectivity index (χ1v) is 9.23. The Labute approximate surface area is 151 Å². The molecule has 0 spiro atoms. The standard InChI is InChI=1S/C19H23N3O2S/c1-13(2)21(9-10-24-4)18(23)17-12-25-19-20-16(11-22(17)19)15-8-6-5-7-14(15)3/h5-8,11-13H,9-10H2,1-4H3. The topological polar surface area (TPSA) is 46.8 Å². The van der Waals surface area contributed by atoms with E-state index in [9.17, 15) is 4.79 Å². The van der Waals surface area contributed by atoms with Gasteiger partial charge in [0.2, 0.25) is 0 Å². The molecule has 3 rings (SSSR count). The highest BCUT2D eigenvalue weighted by Crippen LogP contribution is 2.26. The van der Waals surface area contributed by atoms with Gasteiger partial charge in [-0.25, -0.2) is 4.98 Å². The zero-order valence-electron chi connectivity index (χ0n) is 15.0. The third-order valence-corrected chi connectivity index (χ3v) is 5.11. The number of thiazole rings is 1. The molecule has 25 heavy (non-hydrogen) atoms. The number of hydrogen-bond donors (Lipinski definition) is 0. The first-order chi connectivity index (χ1) is 12.0. The lowest BCUT2D eigenvalue weighted by atomic mass is 10.1. The average Bonchev–Trinajstić information content (AvgIpc) is 3.15. The highest BCUT2D eigenvalue weighted by atomic mass is 32.1. The van der Waals surface area contributed by atoms with Crippen molar-refractivity contribution in [2.24, 2.45) is 0 Å². The summed E-state index contributed by atoms with van der Waals surface area (Å²) in [6, 6.07) is 8.26. The number of imidazole rings is 1. The van der Waals surface area contributed by atoms with Crippen LogP contribution in [0.5, 0.6) is 0 Å². The maximum absolute atomic E-state index is 13.0. The monoisotopic (exact) mass is 357 g/mol. The predicted molar refractivity (Wildman–Crippen MR) is 101 cm³/mol. The van der Waals surface area contributed by atoms with Crippen LogP contribution in [0, 0.1) is 6.92 Å². The van der Waals surface area contributed by atoms with Crippen LogP contribution < -0.4 is 0 Å². The number of hydrogen-bond acceptors (Lipinski definition) is 4. The Bertz CT molecular complexity index is 882. The second-order valence-corrected chi connectivity index (χ2v) is 7.14. The number of carbonyl (C=O) groups excluding carboxylic acids is 1. The minimum atomic E-state index is 0.00651. The van der Waals surface area contributed by atoms with E-state index in [2.05, 4.69) is 19.1 Å². The van der Waals surface area contributed by atoms with Crippen molar-refractivity contribution in [3.63, 3.8) is 0 Å². The van der Waals surface area contributed by atoms with Crippen molar-refractivity contribution >= 4 is 22.2 Å². The molecule has 0 saturated carbocycles. The zero-order chi connectivity index (χ0) is 18.0. The molecule has 0 radical (unpaired) electrons. The molecule has 0 bridgehead atoms. The van der Waals surface area contributed by atoms with Crippen LogP contribution >= 0.6 is 11.3 Å². The first kappa shape index (κ1) is 17.6. The number of nitrogens with zero attached hydrogens (tertiary/aromatic N) is 3. The number of rotatable bonds is 6. The number of carbonyl (C=O) groups is 1. The van der Waals surface area contributed by atoms with E-state index < -0.39 is 0 Å². The van der Waals surface area contributed by atoms with E-state index >= 15 is 0 Å². The number of ether oxygens (including phenoxy) is 1. The molecule has 0 atom stereocenters. The Morgan fingerprint density at radius 2 is 2.12 bits per heavy atom. The van der Waals surface area contributed by atoms with Gasteiger partial charge in [0.05, 0.1) is 12.3 Å². The first-order valence-electron chi connectivity index (χ1n) is 8.35. The molecule has 0 aliphatic carbocycles. The van der Waals surface area contributed by atoms with Crippen molar-refractivity contribution in [1.82, 2.24) is 14.3 Å². The molecule has 0 unspecified atom stereocenters. The molecule has 1 aromatic carbocycles. The lowest BCUT2D eigenvalue weighted by molar-refractivity contribution is 0.0628. The summed E-state index contributed by atoms with van der Waals surface area (Å²) in [5, 5.41) is 1.88. The summed E-state index contributed by atoms with van der Waals surface area (Å²) in [6.07, 6.45) is 1.95. The van der Waals surface area contributed by atoms with Crippen LogP contribution in [0.2, 0.25) is 0 Å². The van der Waals surface area contributed by atoms with Crippen molar-refractivity contribution in [3.05, 3.63) is 47.1 Å². The quantitative estimate of drug-likeness (QED) is 0.673. The fraction of sp³-hybridized carbons (Fsp3) is 0.368. The smallest absolute Gasteiger partial charge is 0.272 e. The van der Waals surface area contributed by atoms with E-state index in [-0.39, 0.29) is 11.9 Å². The number of amides is 1. The van der Waals surface area contributed by atoms with Crippen LogP contribution in [0.4, 0.5) is 0 Å². The maximum atomic E-state index is 13.0. The van der Waals surface area contributed by atoms with Crippen LogP contribution in [0.3, 0.4) is 0 Å². The molecule has 2 heterocycles. The third-order valence-electron chi connectivity index (χ3n) is 4.27. The molecule has 1 amide bonds. The normalized spacial score (nSPS) is 11.4. The highest BCUT2D eigenvalue weighted by Gasteiger charge is 2.23. The fourth-order valence-corrected chi connectivity index (χ4v) is 3.71. The Morgan fingerprint density at radius 3 is 2.80 bits per heavy atom. The molecular formula is C19H23N3O2S. The van der Waals surface area contributed by atoms with Crippen LogP contribution in [0.25, 0.3) is 16.2 Å². The third kappa shape index (κ3) is 3.45. The Morgan fingerprint density at radius 1 is 1.36 bits per heavy atom. The summed E-state index contributed by atoms with van der Waals surface area (Å²) in [5.41, 5.74) is 3.81. The van der Waals surface area contributed by atoms with E-state index in [0.29, 0.717) is 18.8 Å². The van der Waals surface area contributed by atoms with Gasteiger partial charge in [0.15, 0.2) is 4.96 Å². The SMILES string of the molecule is COCCN(C(=O)c1csc2nc(-c3ccccc3C)cn12)C(C)C.